The second-order valence-corrected chi connectivity index (χ2v) is 8.57. The van der Waals surface area contributed by atoms with Crippen molar-refractivity contribution in [3.8, 4) is 5.75 Å². The van der Waals surface area contributed by atoms with Gasteiger partial charge in [0.15, 0.2) is 0 Å². The molecule has 3 aliphatic rings. The number of ether oxygens (including phenoxy) is 1. The molecule has 0 aliphatic carbocycles. The molecule has 2 amide bonds. The predicted molar refractivity (Wildman–Crippen MR) is 116 cm³/mol. The Kier molecular flexibility index (Phi) is 4.54. The van der Waals surface area contributed by atoms with Crippen molar-refractivity contribution in [2.24, 2.45) is 0 Å². The van der Waals surface area contributed by atoms with Crippen LogP contribution in [0.3, 0.4) is 0 Å². The first-order valence-electron chi connectivity index (χ1n) is 10.6. The highest BCUT2D eigenvalue weighted by molar-refractivity contribution is 6.07. The Balaban J connectivity index is 1.18. The minimum Gasteiger partial charge on any atom is -0.492 e. The van der Waals surface area contributed by atoms with Crippen molar-refractivity contribution in [3.63, 3.8) is 0 Å². The van der Waals surface area contributed by atoms with E-state index in [-0.39, 0.29) is 17.2 Å². The number of hydrogen-bond acceptors (Lipinski definition) is 4. The highest BCUT2D eigenvalue weighted by Crippen LogP contribution is 2.47. The van der Waals surface area contributed by atoms with Gasteiger partial charge < -0.3 is 14.5 Å². The zero-order valence-corrected chi connectivity index (χ0v) is 17.6. The van der Waals surface area contributed by atoms with Gasteiger partial charge in [0.1, 0.15) is 12.4 Å². The van der Waals surface area contributed by atoms with E-state index < -0.39 is 0 Å². The molecule has 0 aromatic heterocycles. The molecular weight excluding hydrogens is 378 g/mol. The van der Waals surface area contributed by atoms with Gasteiger partial charge in [0.2, 0.25) is 11.8 Å². The lowest BCUT2D eigenvalue weighted by Gasteiger charge is -2.38. The van der Waals surface area contributed by atoms with Crippen molar-refractivity contribution in [2.75, 3.05) is 50.1 Å². The number of benzene rings is 2. The summed E-state index contributed by atoms with van der Waals surface area (Å²) in [6, 6.07) is 14.1. The van der Waals surface area contributed by atoms with Gasteiger partial charge >= 0.3 is 0 Å². The molecule has 0 atom stereocenters. The van der Waals surface area contributed by atoms with Crippen molar-refractivity contribution >= 4 is 23.2 Å². The normalized spacial score (nSPS) is 20.1. The van der Waals surface area contributed by atoms with Crippen LogP contribution in [0.5, 0.6) is 5.75 Å². The largest absolute Gasteiger partial charge is 0.492 e. The molecule has 3 heterocycles. The van der Waals surface area contributed by atoms with Gasteiger partial charge in [-0.3, -0.25) is 14.5 Å². The molecule has 0 radical (unpaired) electrons. The minimum absolute atomic E-state index is 0.123. The molecule has 5 rings (SSSR count). The third-order valence-corrected chi connectivity index (χ3v) is 7.01. The van der Waals surface area contributed by atoms with E-state index in [0.717, 1.165) is 55.2 Å². The van der Waals surface area contributed by atoms with E-state index in [0.29, 0.717) is 13.0 Å². The number of para-hydroxylation sites is 1. The Hall–Kier alpha value is -2.86. The first kappa shape index (κ1) is 19.1. The van der Waals surface area contributed by atoms with Crippen LogP contribution in [0.15, 0.2) is 42.5 Å². The maximum Gasteiger partial charge on any atom is 0.237 e. The first-order valence-corrected chi connectivity index (χ1v) is 10.6. The lowest BCUT2D eigenvalue weighted by atomic mass is 9.73. The number of carbonyl (C=O) groups is 2. The van der Waals surface area contributed by atoms with E-state index in [1.165, 1.54) is 5.56 Å². The molecule has 2 aromatic carbocycles. The van der Waals surface area contributed by atoms with Crippen molar-refractivity contribution < 1.29 is 14.3 Å². The zero-order chi connectivity index (χ0) is 20.9. The molecule has 0 saturated carbocycles. The first-order chi connectivity index (χ1) is 14.5. The topological polar surface area (TPSA) is 53.1 Å². The fourth-order valence-corrected chi connectivity index (χ4v) is 5.16. The molecule has 2 aromatic rings. The number of fused-ring (bicyclic) bond motifs is 3. The van der Waals surface area contributed by atoms with Crippen molar-refractivity contribution in [3.05, 3.63) is 53.6 Å². The summed E-state index contributed by atoms with van der Waals surface area (Å²) in [5.74, 6) is 1.15. The number of carbonyl (C=O) groups excluding carboxylic acids is 2. The summed E-state index contributed by atoms with van der Waals surface area (Å²) in [6.07, 6.45) is 2.16. The molecule has 30 heavy (non-hydrogen) atoms. The van der Waals surface area contributed by atoms with Crippen LogP contribution >= 0.6 is 0 Å². The third kappa shape index (κ3) is 2.89. The maximum absolute atomic E-state index is 13.0. The monoisotopic (exact) mass is 405 g/mol. The fraction of sp³-hybridized carbons (Fsp3) is 0.417. The van der Waals surface area contributed by atoms with Gasteiger partial charge in [-0.2, -0.15) is 0 Å². The highest BCUT2D eigenvalue weighted by Gasteiger charge is 2.50. The van der Waals surface area contributed by atoms with Crippen LogP contribution < -0.4 is 14.5 Å². The van der Waals surface area contributed by atoms with Gasteiger partial charge in [-0.1, -0.05) is 24.3 Å². The number of amides is 2. The van der Waals surface area contributed by atoms with E-state index in [9.17, 15) is 9.59 Å². The van der Waals surface area contributed by atoms with E-state index in [2.05, 4.69) is 11.0 Å². The average Bonchev–Trinajstić information content (AvgIpc) is 3.16. The number of anilines is 2. The average molecular weight is 405 g/mol. The van der Waals surface area contributed by atoms with Crippen LogP contribution in [-0.2, 0) is 21.4 Å². The Labute approximate surface area is 177 Å². The molecule has 1 fully saturated rings. The summed E-state index contributed by atoms with van der Waals surface area (Å²) >= 11 is 0. The number of likely N-dealkylation sites (N-methyl/N-ethyl adjacent to an activating group) is 2. The smallest absolute Gasteiger partial charge is 0.237 e. The Morgan fingerprint density at radius 1 is 0.967 bits per heavy atom. The van der Waals surface area contributed by atoms with E-state index in [1.807, 2.05) is 48.3 Å². The van der Waals surface area contributed by atoms with Gasteiger partial charge in [0.25, 0.3) is 0 Å². The lowest BCUT2D eigenvalue weighted by Crippen LogP contribution is -2.48. The van der Waals surface area contributed by atoms with Crippen molar-refractivity contribution in [1.82, 2.24) is 4.90 Å². The molecule has 0 bridgehead atoms. The molecular formula is C24H27N3O3. The number of likely N-dealkylation sites (tertiary alicyclic amines) is 1. The summed E-state index contributed by atoms with van der Waals surface area (Å²) in [4.78, 5) is 30.8. The van der Waals surface area contributed by atoms with Gasteiger partial charge in [-0.05, 0) is 49.2 Å². The lowest BCUT2D eigenvalue weighted by molar-refractivity contribution is -0.124. The summed E-state index contributed by atoms with van der Waals surface area (Å²) in [6.45, 7) is 3.19. The number of nitrogens with zero attached hydrogens (tertiary/aromatic N) is 3. The molecule has 156 valence electrons. The number of hydrogen-bond donors (Lipinski definition) is 0. The summed E-state index contributed by atoms with van der Waals surface area (Å²) < 4.78 is 5.97. The van der Waals surface area contributed by atoms with Gasteiger partial charge in [0, 0.05) is 32.4 Å². The Morgan fingerprint density at radius 2 is 1.73 bits per heavy atom. The molecule has 3 aliphatic heterocycles. The highest BCUT2D eigenvalue weighted by atomic mass is 16.5. The van der Waals surface area contributed by atoms with E-state index in [4.69, 9.17) is 4.74 Å². The van der Waals surface area contributed by atoms with Gasteiger partial charge in [0.05, 0.1) is 17.5 Å². The Bertz CT molecular complexity index is 1010. The second-order valence-electron chi connectivity index (χ2n) is 8.57. The van der Waals surface area contributed by atoms with E-state index in [1.54, 1.807) is 11.9 Å². The predicted octanol–water partition coefficient (Wildman–Crippen LogP) is 2.59. The molecule has 0 unspecified atom stereocenters. The van der Waals surface area contributed by atoms with Crippen LogP contribution in [0.2, 0.25) is 0 Å². The maximum atomic E-state index is 13.0. The van der Waals surface area contributed by atoms with Crippen molar-refractivity contribution in [1.29, 1.82) is 0 Å². The van der Waals surface area contributed by atoms with Crippen LogP contribution in [-0.4, -0.2) is 57.1 Å². The SMILES string of the molecule is CN1C(=O)Cc2ccc(OCCN3CCC4(CC3)C(=O)N(C)c3ccccc34)cc21. The van der Waals surface area contributed by atoms with Crippen LogP contribution in [0.25, 0.3) is 0 Å². The fourth-order valence-electron chi connectivity index (χ4n) is 5.16. The number of piperidine rings is 1. The summed E-state index contributed by atoms with van der Waals surface area (Å²) in [7, 11) is 3.69. The van der Waals surface area contributed by atoms with Crippen LogP contribution in [0.4, 0.5) is 11.4 Å². The zero-order valence-electron chi connectivity index (χ0n) is 17.6. The summed E-state index contributed by atoms with van der Waals surface area (Å²) in [5.41, 5.74) is 3.88. The Morgan fingerprint density at radius 3 is 2.53 bits per heavy atom. The molecule has 1 spiro atoms. The molecule has 1 saturated heterocycles. The van der Waals surface area contributed by atoms with Crippen LogP contribution in [0.1, 0.15) is 24.0 Å². The van der Waals surface area contributed by atoms with E-state index >= 15 is 0 Å². The van der Waals surface area contributed by atoms with Gasteiger partial charge in [-0.25, -0.2) is 0 Å². The standard InChI is InChI=1S/C24H27N3O3/c1-25-21-16-18(8-7-17(21)15-22(25)28)30-14-13-27-11-9-24(10-12-27)19-5-3-4-6-20(19)26(2)23(24)29/h3-8,16H,9-15H2,1-2H3. The quantitative estimate of drug-likeness (QED) is 0.785. The summed E-state index contributed by atoms with van der Waals surface area (Å²) in [5, 5.41) is 0. The molecule has 0 N–H and O–H groups in total. The minimum atomic E-state index is -0.361. The third-order valence-electron chi connectivity index (χ3n) is 7.01. The van der Waals surface area contributed by atoms with Crippen LogP contribution in [0, 0.1) is 0 Å². The molecule has 6 heteroatoms. The molecule has 6 nitrogen and oxygen atoms in total. The van der Waals surface area contributed by atoms with Crippen molar-refractivity contribution in [2.45, 2.75) is 24.7 Å². The number of rotatable bonds is 4. The second kappa shape index (κ2) is 7.13. The van der Waals surface area contributed by atoms with Gasteiger partial charge in [-0.15, -0.1) is 0 Å².